The maximum absolute atomic E-state index is 5.68. The fraction of sp³-hybridized carbons (Fsp3) is 0.500. The monoisotopic (exact) mass is 251 g/mol. The largest absolute Gasteiger partial charge is 0.492 e. The van der Waals surface area contributed by atoms with Gasteiger partial charge in [0.2, 0.25) is 0 Å². The van der Waals surface area contributed by atoms with Crippen LogP contribution in [0.1, 0.15) is 32.3 Å². The standard InChI is InChI=1S/C14H18ClNO/c1-3-5-12(2)11-17-14-8-13(6-4-7-15)9-16-10-14/h8-10,12H,3,5,7,11H2,1-2H3. The van der Waals surface area contributed by atoms with Gasteiger partial charge in [-0.3, -0.25) is 4.98 Å². The zero-order chi connectivity index (χ0) is 12.5. The molecule has 3 heteroatoms. The second-order valence-corrected chi connectivity index (χ2v) is 4.32. The van der Waals surface area contributed by atoms with Crippen molar-refractivity contribution in [3.8, 4) is 17.6 Å². The van der Waals surface area contributed by atoms with E-state index in [1.807, 2.05) is 6.07 Å². The quantitative estimate of drug-likeness (QED) is 0.590. The lowest BCUT2D eigenvalue weighted by atomic mass is 10.1. The highest BCUT2D eigenvalue weighted by molar-refractivity contribution is 6.19. The third-order valence-electron chi connectivity index (χ3n) is 2.33. The van der Waals surface area contributed by atoms with E-state index in [9.17, 15) is 0 Å². The normalized spacial score (nSPS) is 11.5. The van der Waals surface area contributed by atoms with Gasteiger partial charge in [0.1, 0.15) is 5.75 Å². The van der Waals surface area contributed by atoms with Crippen LogP contribution in [0.25, 0.3) is 0 Å². The smallest absolute Gasteiger partial charge is 0.138 e. The first-order chi connectivity index (χ1) is 8.26. The van der Waals surface area contributed by atoms with E-state index in [-0.39, 0.29) is 0 Å². The average molecular weight is 252 g/mol. The summed E-state index contributed by atoms with van der Waals surface area (Å²) < 4.78 is 5.68. The van der Waals surface area contributed by atoms with Crippen LogP contribution in [0, 0.1) is 17.8 Å². The van der Waals surface area contributed by atoms with Gasteiger partial charge in [-0.25, -0.2) is 0 Å². The number of hydrogen-bond donors (Lipinski definition) is 0. The van der Waals surface area contributed by atoms with Gasteiger partial charge in [0.15, 0.2) is 0 Å². The maximum Gasteiger partial charge on any atom is 0.138 e. The van der Waals surface area contributed by atoms with Crippen LogP contribution in [-0.2, 0) is 0 Å². The Kier molecular flexibility index (Phi) is 6.50. The molecule has 1 atom stereocenters. The van der Waals surface area contributed by atoms with E-state index >= 15 is 0 Å². The summed E-state index contributed by atoms with van der Waals surface area (Å²) in [6, 6.07) is 1.89. The van der Waals surface area contributed by atoms with E-state index in [2.05, 4.69) is 30.7 Å². The number of aromatic nitrogens is 1. The van der Waals surface area contributed by atoms with Crippen molar-refractivity contribution in [3.63, 3.8) is 0 Å². The summed E-state index contributed by atoms with van der Waals surface area (Å²) in [5.41, 5.74) is 0.839. The Morgan fingerprint density at radius 1 is 1.47 bits per heavy atom. The molecule has 0 radical (unpaired) electrons. The lowest BCUT2D eigenvalue weighted by Crippen LogP contribution is -2.08. The molecule has 0 aromatic carbocycles. The highest BCUT2D eigenvalue weighted by atomic mass is 35.5. The minimum absolute atomic E-state index is 0.332. The molecule has 0 aliphatic rings. The van der Waals surface area contributed by atoms with Crippen LogP contribution in [0.3, 0.4) is 0 Å². The third kappa shape index (κ3) is 5.60. The fourth-order valence-corrected chi connectivity index (χ4v) is 1.58. The Morgan fingerprint density at radius 3 is 3.00 bits per heavy atom. The molecular weight excluding hydrogens is 234 g/mol. The van der Waals surface area contributed by atoms with Gasteiger partial charge in [0.05, 0.1) is 18.7 Å². The molecule has 0 fully saturated rings. The molecule has 0 N–H and O–H groups in total. The van der Waals surface area contributed by atoms with Gasteiger partial charge in [0.25, 0.3) is 0 Å². The Morgan fingerprint density at radius 2 is 2.29 bits per heavy atom. The van der Waals surface area contributed by atoms with Gasteiger partial charge in [-0.15, -0.1) is 11.6 Å². The lowest BCUT2D eigenvalue weighted by molar-refractivity contribution is 0.250. The van der Waals surface area contributed by atoms with Crippen molar-refractivity contribution in [2.45, 2.75) is 26.7 Å². The summed E-state index contributed by atoms with van der Waals surface area (Å²) in [5.74, 6) is 7.39. The predicted molar refractivity (Wildman–Crippen MR) is 71.4 cm³/mol. The first kappa shape index (κ1) is 13.9. The van der Waals surface area contributed by atoms with Gasteiger partial charge in [-0.2, -0.15) is 0 Å². The van der Waals surface area contributed by atoms with Crippen LogP contribution < -0.4 is 4.74 Å². The average Bonchev–Trinajstić information content (AvgIpc) is 2.35. The summed E-state index contributed by atoms with van der Waals surface area (Å²) in [4.78, 5) is 4.09. The number of rotatable bonds is 5. The number of hydrogen-bond acceptors (Lipinski definition) is 2. The number of halogens is 1. The number of nitrogens with zero attached hydrogens (tertiary/aromatic N) is 1. The summed E-state index contributed by atoms with van der Waals surface area (Å²) in [6.45, 7) is 5.09. The molecule has 1 aromatic heterocycles. The van der Waals surface area contributed by atoms with Crippen LogP contribution in [0.15, 0.2) is 18.5 Å². The highest BCUT2D eigenvalue weighted by Gasteiger charge is 2.02. The van der Waals surface area contributed by atoms with Gasteiger partial charge >= 0.3 is 0 Å². The molecule has 0 aliphatic carbocycles. The van der Waals surface area contributed by atoms with Crippen molar-refractivity contribution >= 4 is 11.6 Å². The molecule has 1 unspecified atom stereocenters. The van der Waals surface area contributed by atoms with E-state index in [1.54, 1.807) is 12.4 Å². The molecule has 17 heavy (non-hydrogen) atoms. The predicted octanol–water partition coefficient (Wildman–Crippen LogP) is 3.49. The van der Waals surface area contributed by atoms with E-state index in [0.29, 0.717) is 11.8 Å². The molecule has 2 nitrogen and oxygen atoms in total. The maximum atomic E-state index is 5.68. The van der Waals surface area contributed by atoms with Crippen molar-refractivity contribution in [1.82, 2.24) is 4.98 Å². The van der Waals surface area contributed by atoms with Gasteiger partial charge in [0, 0.05) is 11.8 Å². The zero-order valence-corrected chi connectivity index (χ0v) is 11.1. The molecule has 0 saturated heterocycles. The molecule has 0 bridgehead atoms. The Labute approximate surface area is 108 Å². The van der Waals surface area contributed by atoms with Crippen molar-refractivity contribution in [2.75, 3.05) is 12.5 Å². The Balaban J connectivity index is 2.54. The molecule has 0 aliphatic heterocycles. The van der Waals surface area contributed by atoms with E-state index < -0.39 is 0 Å². The van der Waals surface area contributed by atoms with Crippen molar-refractivity contribution in [2.24, 2.45) is 5.92 Å². The number of pyridine rings is 1. The topological polar surface area (TPSA) is 22.1 Å². The first-order valence-corrected chi connectivity index (χ1v) is 6.42. The second-order valence-electron chi connectivity index (χ2n) is 4.05. The summed E-state index contributed by atoms with van der Waals surface area (Å²) in [6.07, 6.45) is 5.79. The fourth-order valence-electron chi connectivity index (χ4n) is 1.52. The van der Waals surface area contributed by atoms with Gasteiger partial charge in [-0.05, 0) is 18.4 Å². The van der Waals surface area contributed by atoms with Gasteiger partial charge < -0.3 is 4.74 Å². The molecule has 0 saturated carbocycles. The lowest BCUT2D eigenvalue weighted by Gasteiger charge is -2.11. The third-order valence-corrected chi connectivity index (χ3v) is 2.46. The van der Waals surface area contributed by atoms with Crippen LogP contribution in [-0.4, -0.2) is 17.5 Å². The van der Waals surface area contributed by atoms with Crippen molar-refractivity contribution < 1.29 is 4.74 Å². The number of ether oxygens (including phenoxy) is 1. The van der Waals surface area contributed by atoms with E-state index in [1.165, 1.54) is 12.8 Å². The van der Waals surface area contributed by atoms with Crippen molar-refractivity contribution in [1.29, 1.82) is 0 Å². The molecular formula is C14H18ClNO. The Hall–Kier alpha value is -1.20. The SMILES string of the molecule is CCCC(C)COc1cncc(C#CCCl)c1. The van der Waals surface area contributed by atoms with Crippen LogP contribution in [0.4, 0.5) is 0 Å². The molecule has 1 rings (SSSR count). The summed E-state index contributed by atoms with van der Waals surface area (Å²) >= 11 is 5.50. The first-order valence-electron chi connectivity index (χ1n) is 5.89. The molecule has 0 spiro atoms. The summed E-state index contributed by atoms with van der Waals surface area (Å²) in [7, 11) is 0. The van der Waals surface area contributed by atoms with Crippen LogP contribution in [0.5, 0.6) is 5.75 Å². The molecule has 0 amide bonds. The minimum Gasteiger partial charge on any atom is -0.492 e. The van der Waals surface area contributed by atoms with Crippen LogP contribution in [0.2, 0.25) is 0 Å². The second kappa shape index (κ2) is 7.97. The Bertz CT molecular complexity index is 395. The molecule has 1 aromatic rings. The summed E-state index contributed by atoms with van der Waals surface area (Å²) in [5, 5.41) is 0. The van der Waals surface area contributed by atoms with Gasteiger partial charge in [-0.1, -0.05) is 32.1 Å². The molecule has 1 heterocycles. The van der Waals surface area contributed by atoms with Crippen LogP contribution >= 0.6 is 11.6 Å². The van der Waals surface area contributed by atoms with E-state index in [4.69, 9.17) is 16.3 Å². The van der Waals surface area contributed by atoms with E-state index in [0.717, 1.165) is 17.9 Å². The zero-order valence-electron chi connectivity index (χ0n) is 10.4. The van der Waals surface area contributed by atoms with Crippen molar-refractivity contribution in [3.05, 3.63) is 24.0 Å². The molecule has 92 valence electrons. The highest BCUT2D eigenvalue weighted by Crippen LogP contribution is 2.13. The minimum atomic E-state index is 0.332. The number of alkyl halides is 1.